The molecule has 0 fully saturated rings. The molecule has 61 heavy (non-hydrogen) atoms. The van der Waals surface area contributed by atoms with Crippen molar-refractivity contribution < 1.29 is 24.5 Å². The van der Waals surface area contributed by atoms with Crippen LogP contribution in [0.1, 0.15) is 51.3 Å². The Morgan fingerprint density at radius 2 is 1.62 bits per heavy atom. The number of para-hydroxylation sites is 2. The van der Waals surface area contributed by atoms with Gasteiger partial charge < -0.3 is 14.0 Å². The van der Waals surface area contributed by atoms with Gasteiger partial charge in [-0.15, -0.1) is 24.3 Å². The number of aromatic nitrogens is 4. The Morgan fingerprint density at radius 3 is 2.33 bits per heavy atom. The summed E-state index contributed by atoms with van der Waals surface area (Å²) in [6.07, 6.45) is 6.70. The minimum Gasteiger partial charge on any atom is -0.500 e. The van der Waals surface area contributed by atoms with Crippen LogP contribution in [-0.2, 0) is 31.9 Å². The van der Waals surface area contributed by atoms with E-state index in [1.165, 1.54) is 16.3 Å². The number of rotatable bonds is 7. The van der Waals surface area contributed by atoms with Crippen molar-refractivity contribution in [3.63, 3.8) is 0 Å². The van der Waals surface area contributed by atoms with Crippen molar-refractivity contribution in [2.75, 3.05) is 0 Å². The summed E-state index contributed by atoms with van der Waals surface area (Å²) in [4.78, 5) is 13.8. The first kappa shape index (κ1) is 43.1. The second-order valence-electron chi connectivity index (χ2n) is 17.9. The largest absolute Gasteiger partial charge is 0.500 e. The predicted octanol–water partition coefficient (Wildman–Crippen LogP) is 12.9. The molecule has 0 aliphatic rings. The molecule has 5 aromatic carbocycles. The maximum atomic E-state index is 9.43. The molecule has 1 radical (unpaired) electrons. The summed E-state index contributed by atoms with van der Waals surface area (Å²) in [6, 6.07) is 48.0. The summed E-state index contributed by atoms with van der Waals surface area (Å²) in [6.45, 7) is 18.4. The van der Waals surface area contributed by atoms with Crippen LogP contribution in [0.25, 0.3) is 72.4 Å². The van der Waals surface area contributed by atoms with Gasteiger partial charge in [-0.25, -0.2) is 0 Å². The fourth-order valence-corrected chi connectivity index (χ4v) is 9.45. The first-order chi connectivity index (χ1) is 28.8. The molecule has 8 heteroatoms. The Labute approximate surface area is 373 Å². The summed E-state index contributed by atoms with van der Waals surface area (Å²) in [5, 5.41) is 12.8. The third-order valence-electron chi connectivity index (χ3n) is 10.9. The molecule has 0 N–H and O–H groups in total. The van der Waals surface area contributed by atoms with E-state index in [9.17, 15) is 5.26 Å². The van der Waals surface area contributed by atoms with Gasteiger partial charge in [-0.05, 0) is 88.6 Å². The number of benzene rings is 5. The van der Waals surface area contributed by atoms with Crippen molar-refractivity contribution in [2.45, 2.75) is 66.1 Å². The number of pyridine rings is 2. The molecule has 0 aliphatic heterocycles. The van der Waals surface area contributed by atoms with Crippen LogP contribution in [0.15, 0.2) is 138 Å². The number of furan rings is 1. The quantitative estimate of drug-likeness (QED) is 0.117. The molecule has 6 nitrogen and oxygen atoms in total. The number of fused-ring (bicyclic) bond motifs is 4. The van der Waals surface area contributed by atoms with Gasteiger partial charge in [-0.2, -0.15) is 16.9 Å². The topological polar surface area (TPSA) is 80.5 Å². The van der Waals surface area contributed by atoms with Crippen LogP contribution < -0.4 is 5.19 Å². The van der Waals surface area contributed by atoms with E-state index in [0.29, 0.717) is 22.6 Å². The maximum absolute atomic E-state index is 9.43. The molecule has 0 aliphatic carbocycles. The van der Waals surface area contributed by atoms with Crippen LogP contribution in [0.4, 0.5) is 0 Å². The fraction of sp³-hybridized carbons (Fsp3) is 0.208. The van der Waals surface area contributed by atoms with Crippen LogP contribution >= 0.6 is 0 Å². The fourth-order valence-electron chi connectivity index (χ4n) is 7.86. The molecule has 0 bridgehead atoms. The third-order valence-corrected chi connectivity index (χ3v) is 12.9. The Bertz CT molecular complexity index is 3020. The SMILES string of the molecule is CC(C)(C)c1ccc(-n2c(-c3[c-]ccc4c3oc3cc(C#N)ccc34)nc3ccccc32)c(-c2ccccc2)c1.CC(C)Cc1cc(-c2[c-]cncc2)ncc1[Si](C)(C)C.[Ir]. The van der Waals surface area contributed by atoms with E-state index in [4.69, 9.17) is 9.40 Å². The average molecular weight is 992 g/mol. The first-order valence-electron chi connectivity index (χ1n) is 20.6. The molecule has 0 unspecified atom stereocenters. The molecule has 9 rings (SSSR count). The number of nitriles is 1. The van der Waals surface area contributed by atoms with Gasteiger partial charge in [0, 0.05) is 42.9 Å². The molecule has 0 saturated carbocycles. The van der Waals surface area contributed by atoms with E-state index in [0.717, 1.165) is 67.7 Å². The molecule has 9 aromatic rings. The van der Waals surface area contributed by atoms with E-state index in [-0.39, 0.29) is 25.5 Å². The Morgan fingerprint density at radius 1 is 0.852 bits per heavy atom. The first-order valence-corrected chi connectivity index (χ1v) is 24.1. The van der Waals surface area contributed by atoms with Gasteiger partial charge in [0.15, 0.2) is 0 Å². The van der Waals surface area contributed by atoms with Gasteiger partial charge in [0.25, 0.3) is 0 Å². The number of nitrogens with zero attached hydrogens (tertiary/aromatic N) is 5. The Hall–Kier alpha value is -5.97. The summed E-state index contributed by atoms with van der Waals surface area (Å²) in [7, 11) is -1.35. The minimum atomic E-state index is -1.35. The summed E-state index contributed by atoms with van der Waals surface area (Å²) < 4.78 is 8.64. The third kappa shape index (κ3) is 8.92. The van der Waals surface area contributed by atoms with Crippen molar-refractivity contribution in [2.24, 2.45) is 5.92 Å². The summed E-state index contributed by atoms with van der Waals surface area (Å²) in [5.74, 6) is 1.41. The van der Waals surface area contributed by atoms with Crippen molar-refractivity contribution >= 4 is 46.2 Å². The molecule has 0 amide bonds. The standard InChI is InChI=1S/C36H26N3O.C17H23N2Si.Ir/c1-36(2,3)25-17-19-31(29(21-25)24-10-5-4-6-11-24)39-32-15-8-7-14-30(32)38-35(39)28-13-9-12-27-26-18-16-23(22-37)20-33(26)40-34(27)28;1-13(2)10-15-11-16(14-6-8-18-9-7-14)19-12-17(15)20(3,4)5;/h4-12,14-21H,1-3H3;6,8-9,11-13H,10H2,1-5H3;/q2*-1;. The molecular formula is C53H49IrN5OSi-2. The number of hydrogen-bond donors (Lipinski definition) is 0. The van der Waals surface area contributed by atoms with Gasteiger partial charge in [-0.3, -0.25) is 9.97 Å². The van der Waals surface area contributed by atoms with Crippen molar-refractivity contribution in [1.82, 2.24) is 19.5 Å². The molecule has 0 atom stereocenters. The number of imidazole rings is 1. The Kier molecular flexibility index (Phi) is 12.4. The molecule has 4 heterocycles. The van der Waals surface area contributed by atoms with Crippen LogP contribution in [0, 0.1) is 29.4 Å². The maximum Gasteiger partial charge on any atom is 0.122 e. The van der Waals surface area contributed by atoms with E-state index in [2.05, 4.69) is 148 Å². The van der Waals surface area contributed by atoms with Crippen LogP contribution in [0.2, 0.25) is 19.6 Å². The normalized spacial score (nSPS) is 11.7. The van der Waals surface area contributed by atoms with Gasteiger partial charge in [-0.1, -0.05) is 131 Å². The molecule has 0 saturated heterocycles. The van der Waals surface area contributed by atoms with Gasteiger partial charge in [0.2, 0.25) is 0 Å². The van der Waals surface area contributed by atoms with Crippen LogP contribution in [-0.4, -0.2) is 27.6 Å². The van der Waals surface area contributed by atoms with E-state index < -0.39 is 8.07 Å². The van der Waals surface area contributed by atoms with E-state index in [1.54, 1.807) is 18.5 Å². The molecular weight excluding hydrogens is 943 g/mol. The molecule has 0 spiro atoms. The van der Waals surface area contributed by atoms with Gasteiger partial charge in [0.1, 0.15) is 5.58 Å². The summed E-state index contributed by atoms with van der Waals surface area (Å²) >= 11 is 0. The van der Waals surface area contributed by atoms with Crippen LogP contribution in [0.3, 0.4) is 0 Å². The Balaban J connectivity index is 0.000000226. The van der Waals surface area contributed by atoms with Crippen molar-refractivity contribution in [3.05, 3.63) is 163 Å². The van der Waals surface area contributed by atoms with Crippen LogP contribution in [0.5, 0.6) is 0 Å². The minimum absolute atomic E-state index is 0. The molecule has 4 aromatic heterocycles. The second-order valence-corrected chi connectivity index (χ2v) is 22.9. The van der Waals surface area contributed by atoms with E-state index >= 15 is 0 Å². The zero-order chi connectivity index (χ0) is 42.2. The van der Waals surface area contributed by atoms with Crippen molar-refractivity contribution in [1.29, 1.82) is 5.26 Å². The smallest absolute Gasteiger partial charge is 0.122 e. The zero-order valence-corrected chi connectivity index (χ0v) is 39.4. The van der Waals surface area contributed by atoms with Gasteiger partial charge >= 0.3 is 0 Å². The van der Waals surface area contributed by atoms with E-state index in [1.807, 2.05) is 54.6 Å². The monoisotopic (exact) mass is 992 g/mol. The molecule has 307 valence electrons. The average Bonchev–Trinajstić information content (AvgIpc) is 3.82. The predicted molar refractivity (Wildman–Crippen MR) is 249 cm³/mol. The summed E-state index contributed by atoms with van der Waals surface area (Å²) in [5.41, 5.74) is 12.7. The zero-order valence-electron chi connectivity index (χ0n) is 36.0. The number of hydrogen-bond acceptors (Lipinski definition) is 5. The van der Waals surface area contributed by atoms with Gasteiger partial charge in [0.05, 0.1) is 42.1 Å². The second kappa shape index (κ2) is 17.6. The van der Waals surface area contributed by atoms with Crippen molar-refractivity contribution in [3.8, 4) is 45.5 Å².